The molecule has 1 atom stereocenters. The zero-order chi connectivity index (χ0) is 13.1. The van der Waals surface area contributed by atoms with Crippen LogP contribution in [0.15, 0.2) is 18.2 Å². The Morgan fingerprint density at radius 1 is 1.50 bits per heavy atom. The average molecular weight is 251 g/mol. The summed E-state index contributed by atoms with van der Waals surface area (Å²) in [5.41, 5.74) is 0.187. The van der Waals surface area contributed by atoms with Crippen LogP contribution in [0.3, 0.4) is 0 Å². The molecule has 0 bridgehead atoms. The number of likely N-dealkylation sites (N-methyl/N-ethyl adjacent to an activating group) is 1. The predicted octanol–water partition coefficient (Wildman–Crippen LogP) is 1.39. The van der Waals surface area contributed by atoms with Crippen LogP contribution in [0.4, 0.5) is 4.39 Å². The van der Waals surface area contributed by atoms with E-state index in [9.17, 15) is 9.18 Å². The van der Waals surface area contributed by atoms with Gasteiger partial charge >= 0.3 is 0 Å². The summed E-state index contributed by atoms with van der Waals surface area (Å²) < 4.78 is 13.0. The lowest BCUT2D eigenvalue weighted by molar-refractivity contribution is 0.0522. The fourth-order valence-electron chi connectivity index (χ4n) is 2.34. The van der Waals surface area contributed by atoms with Crippen LogP contribution in [0.2, 0.25) is 0 Å². The number of nitrogens with zero attached hydrogens (tertiary/aromatic N) is 3. The minimum absolute atomic E-state index is 0.183. The molecule has 0 aliphatic carbocycles. The van der Waals surface area contributed by atoms with Gasteiger partial charge in [-0.3, -0.25) is 9.69 Å². The van der Waals surface area contributed by atoms with E-state index in [1.807, 2.05) is 0 Å². The Morgan fingerprint density at radius 2 is 2.28 bits per heavy atom. The lowest BCUT2D eigenvalue weighted by atomic mass is 10.2. The molecule has 1 amide bonds. The number of hydrogen-bond acceptors (Lipinski definition) is 3. The van der Waals surface area contributed by atoms with Gasteiger partial charge in [-0.05, 0) is 25.6 Å². The summed E-state index contributed by atoms with van der Waals surface area (Å²) in [5, 5.41) is 0. The lowest BCUT2D eigenvalue weighted by Crippen LogP contribution is -2.53. The molecule has 0 N–H and O–H groups in total. The molecule has 1 aliphatic heterocycles. The van der Waals surface area contributed by atoms with Crippen molar-refractivity contribution >= 4 is 5.91 Å². The van der Waals surface area contributed by atoms with Crippen LogP contribution in [0.25, 0.3) is 0 Å². The van der Waals surface area contributed by atoms with Crippen LogP contribution in [-0.2, 0) is 0 Å². The van der Waals surface area contributed by atoms with E-state index in [0.717, 1.165) is 13.1 Å². The molecule has 1 aliphatic rings. The molecule has 18 heavy (non-hydrogen) atoms. The summed E-state index contributed by atoms with van der Waals surface area (Å²) in [4.78, 5) is 19.9. The van der Waals surface area contributed by atoms with E-state index in [0.29, 0.717) is 19.1 Å². The SMILES string of the molecule is CCN1CCN(C(=O)c2cccc(F)n2)CC1C. The highest BCUT2D eigenvalue weighted by Gasteiger charge is 2.26. The predicted molar refractivity (Wildman–Crippen MR) is 66.8 cm³/mol. The van der Waals surface area contributed by atoms with Gasteiger partial charge in [0.05, 0.1) is 0 Å². The second-order valence-electron chi connectivity index (χ2n) is 4.57. The van der Waals surface area contributed by atoms with E-state index >= 15 is 0 Å². The van der Waals surface area contributed by atoms with E-state index in [2.05, 4.69) is 23.7 Å². The zero-order valence-electron chi connectivity index (χ0n) is 10.8. The quantitative estimate of drug-likeness (QED) is 0.745. The Bertz CT molecular complexity index is 438. The zero-order valence-corrected chi connectivity index (χ0v) is 10.8. The van der Waals surface area contributed by atoms with Gasteiger partial charge in [0.25, 0.3) is 5.91 Å². The van der Waals surface area contributed by atoms with Crippen molar-refractivity contribution in [2.45, 2.75) is 19.9 Å². The first-order chi connectivity index (χ1) is 8.61. The summed E-state index contributed by atoms with van der Waals surface area (Å²) in [6.07, 6.45) is 0. The van der Waals surface area contributed by atoms with Crippen LogP contribution in [0.5, 0.6) is 0 Å². The molecule has 0 aromatic carbocycles. The molecule has 0 saturated carbocycles. The number of carbonyl (C=O) groups excluding carboxylic acids is 1. The highest BCUT2D eigenvalue weighted by molar-refractivity contribution is 5.92. The van der Waals surface area contributed by atoms with Gasteiger partial charge in [0.15, 0.2) is 0 Å². The number of piperazine rings is 1. The van der Waals surface area contributed by atoms with Gasteiger partial charge in [-0.2, -0.15) is 4.39 Å². The third kappa shape index (κ3) is 2.67. The third-order valence-corrected chi connectivity index (χ3v) is 3.39. The number of amides is 1. The maximum absolute atomic E-state index is 13.0. The Kier molecular flexibility index (Phi) is 3.91. The Labute approximate surface area is 106 Å². The van der Waals surface area contributed by atoms with Gasteiger partial charge in [0.2, 0.25) is 5.95 Å². The summed E-state index contributed by atoms with van der Waals surface area (Å²) in [7, 11) is 0. The van der Waals surface area contributed by atoms with Crippen LogP contribution in [0.1, 0.15) is 24.3 Å². The Balaban J connectivity index is 2.07. The van der Waals surface area contributed by atoms with Crippen LogP contribution in [0, 0.1) is 5.95 Å². The molecule has 1 saturated heterocycles. The van der Waals surface area contributed by atoms with Gasteiger partial charge in [-0.15, -0.1) is 0 Å². The van der Waals surface area contributed by atoms with Crippen molar-refractivity contribution < 1.29 is 9.18 Å². The van der Waals surface area contributed by atoms with Gasteiger partial charge in [-0.1, -0.05) is 13.0 Å². The number of halogens is 1. The molecular formula is C13H18FN3O. The van der Waals surface area contributed by atoms with Crippen molar-refractivity contribution in [3.05, 3.63) is 29.8 Å². The summed E-state index contributed by atoms with van der Waals surface area (Å²) in [5.74, 6) is -0.793. The minimum Gasteiger partial charge on any atom is -0.334 e. The van der Waals surface area contributed by atoms with E-state index in [-0.39, 0.29) is 11.6 Å². The summed E-state index contributed by atoms with van der Waals surface area (Å²) in [6.45, 7) is 7.41. The van der Waals surface area contributed by atoms with Crippen molar-refractivity contribution in [3.63, 3.8) is 0 Å². The number of rotatable bonds is 2. The number of aromatic nitrogens is 1. The van der Waals surface area contributed by atoms with Crippen molar-refractivity contribution in [2.24, 2.45) is 0 Å². The number of carbonyl (C=O) groups is 1. The van der Waals surface area contributed by atoms with E-state index in [1.165, 1.54) is 12.1 Å². The normalized spacial score (nSPS) is 21.1. The van der Waals surface area contributed by atoms with Crippen LogP contribution >= 0.6 is 0 Å². The van der Waals surface area contributed by atoms with Gasteiger partial charge in [0, 0.05) is 25.7 Å². The Morgan fingerprint density at radius 3 is 2.89 bits per heavy atom. The molecule has 1 aromatic rings. The average Bonchev–Trinajstić information content (AvgIpc) is 2.37. The van der Waals surface area contributed by atoms with Crippen LogP contribution < -0.4 is 0 Å². The van der Waals surface area contributed by atoms with E-state index in [1.54, 1.807) is 11.0 Å². The molecule has 4 nitrogen and oxygen atoms in total. The smallest absolute Gasteiger partial charge is 0.272 e. The Hall–Kier alpha value is -1.49. The highest BCUT2D eigenvalue weighted by atomic mass is 19.1. The van der Waals surface area contributed by atoms with Crippen molar-refractivity contribution in [3.8, 4) is 0 Å². The van der Waals surface area contributed by atoms with E-state index in [4.69, 9.17) is 0 Å². The standard InChI is InChI=1S/C13H18FN3O/c1-3-16-7-8-17(9-10(16)2)13(18)11-5-4-6-12(14)15-11/h4-6,10H,3,7-9H2,1-2H3. The molecule has 0 spiro atoms. The van der Waals surface area contributed by atoms with Crippen molar-refractivity contribution in [1.29, 1.82) is 0 Å². The molecule has 98 valence electrons. The third-order valence-electron chi connectivity index (χ3n) is 3.39. The van der Waals surface area contributed by atoms with Crippen molar-refractivity contribution in [1.82, 2.24) is 14.8 Å². The van der Waals surface area contributed by atoms with Gasteiger partial charge in [0.1, 0.15) is 5.69 Å². The summed E-state index contributed by atoms with van der Waals surface area (Å²) in [6, 6.07) is 4.65. The molecular weight excluding hydrogens is 233 g/mol. The molecule has 2 heterocycles. The van der Waals surface area contributed by atoms with Gasteiger partial charge < -0.3 is 4.90 Å². The lowest BCUT2D eigenvalue weighted by Gasteiger charge is -2.39. The maximum atomic E-state index is 13.0. The largest absolute Gasteiger partial charge is 0.334 e. The fraction of sp³-hybridized carbons (Fsp3) is 0.538. The molecule has 1 aromatic heterocycles. The fourth-order valence-corrected chi connectivity index (χ4v) is 2.34. The first-order valence-corrected chi connectivity index (χ1v) is 6.27. The van der Waals surface area contributed by atoms with Crippen molar-refractivity contribution in [2.75, 3.05) is 26.2 Å². The number of hydrogen-bond donors (Lipinski definition) is 0. The second kappa shape index (κ2) is 5.44. The highest BCUT2D eigenvalue weighted by Crippen LogP contribution is 2.12. The molecule has 5 heteroatoms. The number of pyridine rings is 1. The maximum Gasteiger partial charge on any atom is 0.272 e. The molecule has 0 radical (unpaired) electrons. The minimum atomic E-state index is -0.610. The molecule has 1 fully saturated rings. The first kappa shape index (κ1) is 13.0. The monoisotopic (exact) mass is 251 g/mol. The second-order valence-corrected chi connectivity index (χ2v) is 4.57. The first-order valence-electron chi connectivity index (χ1n) is 6.27. The summed E-state index contributed by atoms with van der Waals surface area (Å²) >= 11 is 0. The topological polar surface area (TPSA) is 36.4 Å². The molecule has 1 unspecified atom stereocenters. The molecule has 2 rings (SSSR count). The van der Waals surface area contributed by atoms with Gasteiger partial charge in [-0.25, -0.2) is 4.98 Å². The van der Waals surface area contributed by atoms with E-state index < -0.39 is 5.95 Å². The van der Waals surface area contributed by atoms with Crippen LogP contribution in [-0.4, -0.2) is 52.9 Å².